The summed E-state index contributed by atoms with van der Waals surface area (Å²) >= 11 is 0. The fourth-order valence-corrected chi connectivity index (χ4v) is 6.06. The minimum absolute atomic E-state index is 0.962. The van der Waals surface area contributed by atoms with Crippen molar-refractivity contribution in [1.29, 1.82) is 0 Å². The van der Waals surface area contributed by atoms with Gasteiger partial charge in [-0.15, -0.1) is 0 Å². The normalized spacial score (nSPS) is 17.8. The summed E-state index contributed by atoms with van der Waals surface area (Å²) in [5, 5.41) is 0. The zero-order valence-corrected chi connectivity index (χ0v) is 23.0. The number of unbranched alkanes of at least 4 members (excludes halogenated alkanes) is 2. The molecule has 4 rings (SSSR count). The number of rotatable bonds is 13. The number of aryl methyl sites for hydroxylation is 4. The van der Waals surface area contributed by atoms with Crippen LogP contribution >= 0.6 is 0 Å². The van der Waals surface area contributed by atoms with E-state index in [4.69, 9.17) is 0 Å². The summed E-state index contributed by atoms with van der Waals surface area (Å²) in [6.07, 6.45) is 18.7. The van der Waals surface area contributed by atoms with E-state index in [9.17, 15) is 0 Å². The van der Waals surface area contributed by atoms with E-state index in [1.807, 2.05) is 0 Å². The van der Waals surface area contributed by atoms with Gasteiger partial charge in [-0.25, -0.2) is 0 Å². The molecule has 0 N–H and O–H groups in total. The first-order valence-corrected chi connectivity index (χ1v) is 15.0. The fourth-order valence-electron chi connectivity index (χ4n) is 6.06. The molecule has 0 nitrogen and oxygen atoms in total. The highest BCUT2D eigenvalue weighted by Crippen LogP contribution is 2.33. The van der Waals surface area contributed by atoms with Gasteiger partial charge in [0.1, 0.15) is 0 Å². The highest BCUT2D eigenvalue weighted by molar-refractivity contribution is 5.64. The van der Waals surface area contributed by atoms with Gasteiger partial charge in [0.05, 0.1) is 0 Å². The van der Waals surface area contributed by atoms with Crippen LogP contribution in [0, 0.1) is 11.8 Å². The molecule has 0 heteroatoms. The van der Waals surface area contributed by atoms with Crippen LogP contribution in [-0.2, 0) is 25.7 Å². The number of benzene rings is 3. The molecule has 192 valence electrons. The molecule has 1 fully saturated rings. The summed E-state index contributed by atoms with van der Waals surface area (Å²) in [6, 6.07) is 27.9. The van der Waals surface area contributed by atoms with Crippen molar-refractivity contribution in [2.45, 2.75) is 104 Å². The Balaban J connectivity index is 1.19. The number of hydrogen-bond acceptors (Lipinski definition) is 0. The van der Waals surface area contributed by atoms with Crippen LogP contribution in [-0.4, -0.2) is 0 Å². The van der Waals surface area contributed by atoms with E-state index < -0.39 is 0 Å². The van der Waals surface area contributed by atoms with E-state index in [-0.39, 0.29) is 0 Å². The van der Waals surface area contributed by atoms with E-state index in [1.165, 1.54) is 110 Å². The predicted octanol–water partition coefficient (Wildman–Crippen LogP) is 10.4. The third kappa shape index (κ3) is 8.36. The highest BCUT2D eigenvalue weighted by atomic mass is 14.3. The highest BCUT2D eigenvalue weighted by Gasteiger charge is 2.20. The molecular weight excluding hydrogens is 432 g/mol. The number of hydrogen-bond donors (Lipinski definition) is 0. The first-order valence-electron chi connectivity index (χ1n) is 15.0. The van der Waals surface area contributed by atoms with Gasteiger partial charge >= 0.3 is 0 Å². The summed E-state index contributed by atoms with van der Waals surface area (Å²) in [7, 11) is 0. The van der Waals surface area contributed by atoms with Gasteiger partial charge in [-0.3, -0.25) is 0 Å². The van der Waals surface area contributed by atoms with Crippen molar-refractivity contribution < 1.29 is 0 Å². The van der Waals surface area contributed by atoms with Crippen molar-refractivity contribution in [2.75, 3.05) is 0 Å². The molecule has 0 amide bonds. The SMILES string of the molecule is CCCCCc1ccc(-c2ccc(CCc3ccc(CC[C@H]4CC[C@H](CCC)CC4)cc3)cc2)cc1. The maximum Gasteiger partial charge on any atom is -0.0184 e. The van der Waals surface area contributed by atoms with Crippen molar-refractivity contribution in [3.8, 4) is 11.1 Å². The second-order valence-corrected chi connectivity index (χ2v) is 11.4. The Bertz CT molecular complexity index is 985. The van der Waals surface area contributed by atoms with Gasteiger partial charge < -0.3 is 0 Å². The van der Waals surface area contributed by atoms with Crippen molar-refractivity contribution >= 4 is 0 Å². The molecular formula is C36H48. The lowest BCUT2D eigenvalue weighted by molar-refractivity contribution is 0.252. The zero-order valence-electron chi connectivity index (χ0n) is 23.0. The second kappa shape index (κ2) is 14.4. The molecule has 0 aromatic heterocycles. The molecule has 36 heavy (non-hydrogen) atoms. The molecule has 1 aliphatic rings. The van der Waals surface area contributed by atoms with E-state index in [2.05, 4.69) is 86.6 Å². The Kier molecular flexibility index (Phi) is 10.7. The van der Waals surface area contributed by atoms with Crippen molar-refractivity contribution in [2.24, 2.45) is 11.8 Å². The first kappa shape index (κ1) is 26.7. The molecule has 1 saturated carbocycles. The molecule has 3 aromatic carbocycles. The summed E-state index contributed by atoms with van der Waals surface area (Å²) < 4.78 is 0. The average Bonchev–Trinajstić information content (AvgIpc) is 2.93. The van der Waals surface area contributed by atoms with Crippen molar-refractivity contribution in [3.63, 3.8) is 0 Å². The molecule has 1 aliphatic carbocycles. The summed E-state index contributed by atoms with van der Waals surface area (Å²) in [6.45, 7) is 4.60. The monoisotopic (exact) mass is 480 g/mol. The van der Waals surface area contributed by atoms with Crippen molar-refractivity contribution in [3.05, 3.63) is 95.1 Å². The molecule has 3 aromatic rings. The fraction of sp³-hybridized carbons (Fsp3) is 0.500. The standard InChI is InChI=1S/C36H48/c1-3-5-6-8-30-21-25-35(26-22-30)36-27-23-34(24-28-36)20-19-33-17-15-32(16-18-33)14-13-31-11-9-29(7-4-2)10-12-31/h15-18,21-29,31H,3-14,19-20H2,1-2H3/t29-,31-. The van der Waals surface area contributed by atoms with Gasteiger partial charge in [-0.05, 0) is 83.7 Å². The third-order valence-electron chi connectivity index (χ3n) is 8.54. The summed E-state index contributed by atoms with van der Waals surface area (Å²) in [5.41, 5.74) is 8.52. The van der Waals surface area contributed by atoms with Crippen LogP contribution in [0.25, 0.3) is 11.1 Å². The average molecular weight is 481 g/mol. The van der Waals surface area contributed by atoms with E-state index in [0.29, 0.717) is 0 Å². The Labute approximate surface area is 221 Å². The van der Waals surface area contributed by atoms with Crippen molar-refractivity contribution in [1.82, 2.24) is 0 Å². The smallest absolute Gasteiger partial charge is 0.0184 e. The molecule has 0 spiro atoms. The van der Waals surface area contributed by atoms with E-state index in [1.54, 1.807) is 0 Å². The van der Waals surface area contributed by atoms with Gasteiger partial charge in [0, 0.05) is 0 Å². The van der Waals surface area contributed by atoms with Crippen LogP contribution in [0.1, 0.15) is 100 Å². The molecule has 0 atom stereocenters. The van der Waals surface area contributed by atoms with E-state index >= 15 is 0 Å². The Morgan fingerprint density at radius 2 is 0.861 bits per heavy atom. The first-order chi connectivity index (χ1) is 17.7. The molecule has 0 bridgehead atoms. The van der Waals surface area contributed by atoms with Crippen LogP contribution in [0.3, 0.4) is 0 Å². The molecule has 0 heterocycles. The van der Waals surface area contributed by atoms with Crippen LogP contribution in [0.15, 0.2) is 72.8 Å². The molecule has 0 aliphatic heterocycles. The largest absolute Gasteiger partial charge is 0.0654 e. The van der Waals surface area contributed by atoms with Crippen LogP contribution in [0.2, 0.25) is 0 Å². The Hall–Kier alpha value is -2.34. The lowest BCUT2D eigenvalue weighted by Crippen LogP contribution is -2.15. The lowest BCUT2D eigenvalue weighted by Gasteiger charge is -2.28. The Morgan fingerprint density at radius 1 is 0.444 bits per heavy atom. The minimum Gasteiger partial charge on any atom is -0.0654 e. The van der Waals surface area contributed by atoms with Gasteiger partial charge in [0.25, 0.3) is 0 Å². The second-order valence-electron chi connectivity index (χ2n) is 11.4. The van der Waals surface area contributed by atoms with Crippen LogP contribution < -0.4 is 0 Å². The quantitative estimate of drug-likeness (QED) is 0.213. The maximum absolute atomic E-state index is 2.38. The van der Waals surface area contributed by atoms with Crippen LogP contribution in [0.4, 0.5) is 0 Å². The zero-order chi connectivity index (χ0) is 25.0. The third-order valence-corrected chi connectivity index (χ3v) is 8.54. The molecule has 0 saturated heterocycles. The Morgan fingerprint density at radius 3 is 1.33 bits per heavy atom. The summed E-state index contributed by atoms with van der Waals surface area (Å²) in [5.74, 6) is 1.98. The maximum atomic E-state index is 2.38. The van der Waals surface area contributed by atoms with Gasteiger partial charge in [-0.2, -0.15) is 0 Å². The molecule has 0 radical (unpaired) electrons. The summed E-state index contributed by atoms with van der Waals surface area (Å²) in [4.78, 5) is 0. The molecule has 0 unspecified atom stereocenters. The van der Waals surface area contributed by atoms with Gasteiger partial charge in [0.15, 0.2) is 0 Å². The predicted molar refractivity (Wildman–Crippen MR) is 158 cm³/mol. The van der Waals surface area contributed by atoms with E-state index in [0.717, 1.165) is 24.7 Å². The topological polar surface area (TPSA) is 0 Å². The van der Waals surface area contributed by atoms with Gasteiger partial charge in [0.2, 0.25) is 0 Å². The van der Waals surface area contributed by atoms with Crippen LogP contribution in [0.5, 0.6) is 0 Å². The minimum atomic E-state index is 0.962. The lowest BCUT2D eigenvalue weighted by atomic mass is 9.78. The van der Waals surface area contributed by atoms with Gasteiger partial charge in [-0.1, -0.05) is 138 Å².